The van der Waals surface area contributed by atoms with Crippen molar-refractivity contribution in [3.8, 4) is 0 Å². The number of nitrogens with one attached hydrogen (secondary N) is 1. The number of aliphatic hydroxyl groups excluding tert-OH is 1. The van der Waals surface area contributed by atoms with Gasteiger partial charge >= 0.3 is 0 Å². The topological polar surface area (TPSA) is 66.4 Å². The van der Waals surface area contributed by atoms with Gasteiger partial charge in [0.25, 0.3) is 0 Å². The van der Waals surface area contributed by atoms with Crippen molar-refractivity contribution < 1.29 is 22.3 Å². The molecule has 0 spiro atoms. The van der Waals surface area contributed by atoms with Gasteiger partial charge in [-0.25, -0.2) is 21.9 Å². The second kappa shape index (κ2) is 6.15. The molecule has 4 nitrogen and oxygen atoms in total. The van der Waals surface area contributed by atoms with E-state index in [1.165, 1.54) is 6.92 Å². The Bertz CT molecular complexity index is 586. The van der Waals surface area contributed by atoms with E-state index >= 15 is 0 Å². The summed E-state index contributed by atoms with van der Waals surface area (Å²) in [5.74, 6) is -1.77. The summed E-state index contributed by atoms with van der Waals surface area (Å²) >= 11 is 0. The van der Waals surface area contributed by atoms with E-state index in [4.69, 9.17) is 5.11 Å². The predicted octanol–water partition coefficient (Wildman–Crippen LogP) is 1.96. The van der Waals surface area contributed by atoms with Crippen LogP contribution in [0.1, 0.15) is 25.8 Å². The van der Waals surface area contributed by atoms with E-state index in [0.29, 0.717) is 12.5 Å². The molecule has 0 aliphatic heterocycles. The maximum atomic E-state index is 13.7. The SMILES string of the molecule is Cc1cc(F)c(S(=O)(=O)NCC(C)(C)CCO)cc1F. The first kappa shape index (κ1) is 17.0. The minimum atomic E-state index is -4.13. The highest BCUT2D eigenvalue weighted by molar-refractivity contribution is 7.89. The second-order valence-electron chi connectivity index (χ2n) is 5.49. The average Bonchev–Trinajstić information content (AvgIpc) is 2.31. The number of halogens is 2. The molecule has 0 aromatic heterocycles. The van der Waals surface area contributed by atoms with E-state index < -0.39 is 32.0 Å². The van der Waals surface area contributed by atoms with Gasteiger partial charge in [-0.05, 0) is 36.5 Å². The summed E-state index contributed by atoms with van der Waals surface area (Å²) in [4.78, 5) is -0.708. The quantitative estimate of drug-likeness (QED) is 0.844. The van der Waals surface area contributed by atoms with E-state index in [1.807, 2.05) is 0 Å². The fraction of sp³-hybridized carbons (Fsp3) is 0.538. The number of aliphatic hydroxyl groups is 1. The molecule has 0 heterocycles. The van der Waals surface area contributed by atoms with Crippen molar-refractivity contribution in [2.45, 2.75) is 32.1 Å². The number of sulfonamides is 1. The molecule has 20 heavy (non-hydrogen) atoms. The van der Waals surface area contributed by atoms with Crippen LogP contribution in [0.25, 0.3) is 0 Å². The maximum absolute atomic E-state index is 13.7. The first-order valence-electron chi connectivity index (χ1n) is 6.15. The summed E-state index contributed by atoms with van der Waals surface area (Å²) in [7, 11) is -4.13. The third-order valence-electron chi connectivity index (χ3n) is 3.03. The minimum Gasteiger partial charge on any atom is -0.396 e. The average molecular weight is 307 g/mol. The van der Waals surface area contributed by atoms with Crippen molar-refractivity contribution in [3.05, 3.63) is 29.3 Å². The fourth-order valence-corrected chi connectivity index (χ4v) is 2.90. The first-order valence-corrected chi connectivity index (χ1v) is 7.63. The Labute approximate surface area is 117 Å². The van der Waals surface area contributed by atoms with Crippen molar-refractivity contribution in [2.75, 3.05) is 13.2 Å². The molecule has 0 bridgehead atoms. The highest BCUT2D eigenvalue weighted by atomic mass is 32.2. The third-order valence-corrected chi connectivity index (χ3v) is 4.45. The fourth-order valence-electron chi connectivity index (χ4n) is 1.59. The van der Waals surface area contributed by atoms with Gasteiger partial charge in [-0.15, -0.1) is 0 Å². The van der Waals surface area contributed by atoms with Crippen LogP contribution >= 0.6 is 0 Å². The number of benzene rings is 1. The van der Waals surface area contributed by atoms with E-state index in [9.17, 15) is 17.2 Å². The first-order chi connectivity index (χ1) is 9.09. The van der Waals surface area contributed by atoms with Crippen LogP contribution in [-0.4, -0.2) is 26.7 Å². The van der Waals surface area contributed by atoms with E-state index in [1.54, 1.807) is 13.8 Å². The number of rotatable bonds is 6. The van der Waals surface area contributed by atoms with Crippen LogP contribution in [0.4, 0.5) is 8.78 Å². The molecule has 0 saturated heterocycles. The monoisotopic (exact) mass is 307 g/mol. The molecule has 0 atom stereocenters. The Hall–Kier alpha value is -1.05. The lowest BCUT2D eigenvalue weighted by Gasteiger charge is -2.23. The summed E-state index contributed by atoms with van der Waals surface area (Å²) in [6, 6.07) is 1.52. The molecule has 1 aromatic rings. The van der Waals surface area contributed by atoms with Crippen molar-refractivity contribution in [3.63, 3.8) is 0 Å². The van der Waals surface area contributed by atoms with E-state index in [-0.39, 0.29) is 18.7 Å². The summed E-state index contributed by atoms with van der Waals surface area (Å²) in [5.41, 5.74) is -0.441. The van der Waals surface area contributed by atoms with Crippen LogP contribution in [0.5, 0.6) is 0 Å². The van der Waals surface area contributed by atoms with Crippen molar-refractivity contribution >= 4 is 10.0 Å². The van der Waals surface area contributed by atoms with Gasteiger partial charge in [0.1, 0.15) is 16.5 Å². The lowest BCUT2D eigenvalue weighted by atomic mass is 9.90. The van der Waals surface area contributed by atoms with Gasteiger partial charge in [0.05, 0.1) is 0 Å². The highest BCUT2D eigenvalue weighted by Crippen LogP contribution is 2.22. The van der Waals surface area contributed by atoms with Crippen LogP contribution in [0.3, 0.4) is 0 Å². The Balaban J connectivity index is 2.98. The smallest absolute Gasteiger partial charge is 0.243 e. The molecule has 0 aliphatic carbocycles. The maximum Gasteiger partial charge on any atom is 0.243 e. The van der Waals surface area contributed by atoms with Crippen molar-refractivity contribution in [1.82, 2.24) is 4.72 Å². The Morgan fingerprint density at radius 2 is 1.85 bits per heavy atom. The van der Waals surface area contributed by atoms with Gasteiger partial charge in [0, 0.05) is 13.2 Å². The van der Waals surface area contributed by atoms with Crippen LogP contribution < -0.4 is 4.72 Å². The summed E-state index contributed by atoms with van der Waals surface area (Å²) in [6.07, 6.45) is 0.389. The van der Waals surface area contributed by atoms with Gasteiger partial charge < -0.3 is 5.11 Å². The predicted molar refractivity (Wildman–Crippen MR) is 71.8 cm³/mol. The van der Waals surface area contributed by atoms with E-state index in [0.717, 1.165) is 6.07 Å². The standard InChI is InChI=1S/C13H19F2NO3S/c1-9-6-11(15)12(7-10(9)14)20(18,19)16-8-13(2,3)4-5-17/h6-7,16-17H,4-5,8H2,1-3H3. The van der Waals surface area contributed by atoms with Crippen molar-refractivity contribution in [1.29, 1.82) is 0 Å². The lowest BCUT2D eigenvalue weighted by Crippen LogP contribution is -2.35. The molecule has 0 unspecified atom stereocenters. The van der Waals surface area contributed by atoms with Crippen LogP contribution in [-0.2, 0) is 10.0 Å². The van der Waals surface area contributed by atoms with Gasteiger partial charge in [-0.2, -0.15) is 0 Å². The zero-order chi connectivity index (χ0) is 15.6. The van der Waals surface area contributed by atoms with Crippen LogP contribution in [0, 0.1) is 24.0 Å². The number of hydrogen-bond acceptors (Lipinski definition) is 3. The van der Waals surface area contributed by atoms with Gasteiger partial charge in [0.2, 0.25) is 10.0 Å². The zero-order valence-electron chi connectivity index (χ0n) is 11.7. The van der Waals surface area contributed by atoms with Gasteiger partial charge in [-0.3, -0.25) is 0 Å². The normalized spacial score (nSPS) is 12.7. The van der Waals surface area contributed by atoms with E-state index in [2.05, 4.69) is 4.72 Å². The molecule has 0 amide bonds. The molecule has 1 rings (SSSR count). The molecule has 7 heteroatoms. The van der Waals surface area contributed by atoms with Crippen LogP contribution in [0.2, 0.25) is 0 Å². The number of aryl methyl sites for hydroxylation is 1. The lowest BCUT2D eigenvalue weighted by molar-refractivity contribution is 0.213. The summed E-state index contributed by atoms with van der Waals surface area (Å²) < 4.78 is 53.3. The Morgan fingerprint density at radius 1 is 1.25 bits per heavy atom. The highest BCUT2D eigenvalue weighted by Gasteiger charge is 2.25. The summed E-state index contributed by atoms with van der Waals surface area (Å²) in [6.45, 7) is 4.81. The molecule has 0 saturated carbocycles. The molecular formula is C13H19F2NO3S. The molecule has 2 N–H and O–H groups in total. The van der Waals surface area contributed by atoms with Gasteiger partial charge in [0.15, 0.2) is 0 Å². The number of hydrogen-bond donors (Lipinski definition) is 2. The summed E-state index contributed by atoms with van der Waals surface area (Å²) in [5, 5.41) is 8.87. The molecule has 0 radical (unpaired) electrons. The molecule has 0 aliphatic rings. The Morgan fingerprint density at radius 3 is 2.40 bits per heavy atom. The van der Waals surface area contributed by atoms with Crippen LogP contribution in [0.15, 0.2) is 17.0 Å². The van der Waals surface area contributed by atoms with Crippen molar-refractivity contribution in [2.24, 2.45) is 5.41 Å². The molecule has 1 aromatic carbocycles. The largest absolute Gasteiger partial charge is 0.396 e. The van der Waals surface area contributed by atoms with Gasteiger partial charge in [-0.1, -0.05) is 13.8 Å². The molecule has 114 valence electrons. The Kier molecular flexibility index (Phi) is 5.23. The molecular weight excluding hydrogens is 288 g/mol. The second-order valence-corrected chi connectivity index (χ2v) is 7.23. The zero-order valence-corrected chi connectivity index (χ0v) is 12.5. The molecule has 0 fully saturated rings. The third kappa shape index (κ3) is 4.22. The minimum absolute atomic E-state index is 0.0187.